The van der Waals surface area contributed by atoms with Crippen LogP contribution in [0.25, 0.3) is 0 Å². The molecule has 0 aliphatic carbocycles. The van der Waals surface area contributed by atoms with Crippen molar-refractivity contribution in [2.75, 3.05) is 44.7 Å². The maximum Gasteiger partial charge on any atom is 0.277 e. The number of piperazine rings is 1. The van der Waals surface area contributed by atoms with Crippen LogP contribution in [0.5, 0.6) is 5.75 Å². The zero-order valence-corrected chi connectivity index (χ0v) is 15.6. The molecule has 2 aromatic carbocycles. The molecule has 5 heteroatoms. The monoisotopic (exact) mass is 354 g/mol. The van der Waals surface area contributed by atoms with E-state index in [0.29, 0.717) is 18.8 Å². The lowest BCUT2D eigenvalue weighted by atomic mass is 10.1. The molecule has 3 rings (SSSR count). The van der Waals surface area contributed by atoms with Gasteiger partial charge in [0, 0.05) is 13.6 Å². The van der Waals surface area contributed by atoms with Crippen LogP contribution in [0, 0.1) is 6.92 Å². The molecule has 0 radical (unpaired) electrons. The number of amides is 1. The number of rotatable bonds is 5. The van der Waals surface area contributed by atoms with Crippen molar-refractivity contribution in [2.24, 2.45) is 0 Å². The first-order valence-electron chi connectivity index (χ1n) is 9.19. The van der Waals surface area contributed by atoms with E-state index in [4.69, 9.17) is 0 Å². The van der Waals surface area contributed by atoms with Gasteiger partial charge < -0.3 is 19.8 Å². The molecule has 0 aromatic heterocycles. The van der Waals surface area contributed by atoms with Crippen LogP contribution in [-0.2, 0) is 11.3 Å². The Morgan fingerprint density at radius 2 is 1.77 bits per heavy atom. The van der Waals surface area contributed by atoms with Crippen molar-refractivity contribution in [2.45, 2.75) is 13.5 Å². The summed E-state index contributed by atoms with van der Waals surface area (Å²) in [5.74, 6) is 0.501. The molecular formula is C21H28N3O2+. The van der Waals surface area contributed by atoms with Gasteiger partial charge in [-0.2, -0.15) is 0 Å². The Balaban J connectivity index is 1.48. The zero-order valence-electron chi connectivity index (χ0n) is 15.6. The summed E-state index contributed by atoms with van der Waals surface area (Å²) < 4.78 is 0. The summed E-state index contributed by atoms with van der Waals surface area (Å²) in [6.45, 7) is 6.74. The van der Waals surface area contributed by atoms with E-state index >= 15 is 0 Å². The predicted octanol–water partition coefficient (Wildman–Crippen LogP) is 1.06. The van der Waals surface area contributed by atoms with Crippen LogP contribution in [0.4, 0.5) is 5.69 Å². The molecule has 0 saturated carbocycles. The summed E-state index contributed by atoms with van der Waals surface area (Å²) in [6, 6.07) is 15.8. The van der Waals surface area contributed by atoms with Crippen molar-refractivity contribution in [3.05, 3.63) is 59.7 Å². The second-order valence-electron chi connectivity index (χ2n) is 7.14. The molecule has 0 bridgehead atoms. The van der Waals surface area contributed by atoms with E-state index in [1.165, 1.54) is 10.5 Å². The smallest absolute Gasteiger partial charge is 0.277 e. The first-order chi connectivity index (χ1) is 12.5. The molecule has 2 N–H and O–H groups in total. The van der Waals surface area contributed by atoms with Gasteiger partial charge in [0.05, 0.1) is 31.9 Å². The van der Waals surface area contributed by atoms with E-state index < -0.39 is 0 Å². The molecular weight excluding hydrogens is 326 g/mol. The number of aryl methyl sites for hydroxylation is 1. The summed E-state index contributed by atoms with van der Waals surface area (Å²) >= 11 is 0. The molecule has 1 amide bonds. The predicted molar refractivity (Wildman–Crippen MR) is 104 cm³/mol. The minimum absolute atomic E-state index is 0.177. The molecule has 1 aliphatic heterocycles. The molecule has 0 spiro atoms. The van der Waals surface area contributed by atoms with Gasteiger partial charge in [-0.1, -0.05) is 42.0 Å². The van der Waals surface area contributed by atoms with Crippen LogP contribution in [0.3, 0.4) is 0 Å². The number of aromatic hydroxyl groups is 1. The Morgan fingerprint density at radius 1 is 1.12 bits per heavy atom. The number of anilines is 1. The van der Waals surface area contributed by atoms with E-state index in [-0.39, 0.29) is 5.91 Å². The number of hydrogen-bond acceptors (Lipinski definition) is 3. The summed E-state index contributed by atoms with van der Waals surface area (Å²) in [5, 5.41) is 9.99. The molecule has 1 fully saturated rings. The summed E-state index contributed by atoms with van der Waals surface area (Å²) in [5.41, 5.74) is 3.27. The lowest BCUT2D eigenvalue weighted by Crippen LogP contribution is -3.15. The lowest BCUT2D eigenvalue weighted by molar-refractivity contribution is -0.892. The van der Waals surface area contributed by atoms with E-state index in [0.717, 1.165) is 37.4 Å². The van der Waals surface area contributed by atoms with Crippen LogP contribution in [-0.4, -0.2) is 55.7 Å². The number of hydrogen-bond donors (Lipinski definition) is 2. The standard InChI is InChI=1S/C21H27N3O2/c1-17-7-9-18(10-8-17)15-22(2)21(26)16-23-11-13-24(14-12-23)19-5-3-4-6-20(19)25/h3-10,25H,11-16H2,1-2H3/p+1. The molecule has 5 nitrogen and oxygen atoms in total. The van der Waals surface area contributed by atoms with Crippen molar-refractivity contribution in [1.29, 1.82) is 0 Å². The van der Waals surface area contributed by atoms with Crippen molar-refractivity contribution in [3.8, 4) is 5.75 Å². The van der Waals surface area contributed by atoms with Gasteiger partial charge >= 0.3 is 0 Å². The lowest BCUT2D eigenvalue weighted by Gasteiger charge is -2.34. The minimum Gasteiger partial charge on any atom is -0.506 e. The fourth-order valence-electron chi connectivity index (χ4n) is 3.38. The number of para-hydroxylation sites is 2. The Kier molecular flexibility index (Phi) is 5.78. The molecule has 1 aliphatic rings. The summed E-state index contributed by atoms with van der Waals surface area (Å²) in [6.07, 6.45) is 0. The third kappa shape index (κ3) is 4.55. The second kappa shape index (κ2) is 8.23. The first-order valence-corrected chi connectivity index (χ1v) is 9.19. The van der Waals surface area contributed by atoms with Gasteiger partial charge in [0.25, 0.3) is 5.91 Å². The van der Waals surface area contributed by atoms with Gasteiger partial charge in [0.15, 0.2) is 6.54 Å². The van der Waals surface area contributed by atoms with E-state index in [9.17, 15) is 9.90 Å². The average molecular weight is 354 g/mol. The quantitative estimate of drug-likeness (QED) is 0.844. The minimum atomic E-state index is 0.177. The van der Waals surface area contributed by atoms with Crippen LogP contribution < -0.4 is 9.80 Å². The fraction of sp³-hybridized carbons (Fsp3) is 0.381. The third-order valence-corrected chi connectivity index (χ3v) is 5.06. The highest BCUT2D eigenvalue weighted by Crippen LogP contribution is 2.25. The molecule has 0 unspecified atom stereocenters. The average Bonchev–Trinajstić information content (AvgIpc) is 2.65. The van der Waals surface area contributed by atoms with Crippen molar-refractivity contribution in [3.63, 3.8) is 0 Å². The number of quaternary nitrogens is 1. The SMILES string of the molecule is Cc1ccc(CN(C)C(=O)C[NH+]2CCN(c3ccccc3O)CC2)cc1. The highest BCUT2D eigenvalue weighted by atomic mass is 16.3. The van der Waals surface area contributed by atoms with Gasteiger partial charge in [-0.25, -0.2) is 0 Å². The first kappa shape index (κ1) is 18.3. The normalized spacial score (nSPS) is 15.1. The van der Waals surface area contributed by atoms with E-state index in [1.807, 2.05) is 30.1 Å². The van der Waals surface area contributed by atoms with Gasteiger partial charge in [-0.3, -0.25) is 4.79 Å². The molecule has 2 aromatic rings. The van der Waals surface area contributed by atoms with Gasteiger partial charge in [-0.05, 0) is 24.6 Å². The summed E-state index contributed by atoms with van der Waals surface area (Å²) in [4.78, 5) is 17.8. The number of nitrogens with zero attached hydrogens (tertiary/aromatic N) is 2. The molecule has 0 atom stereocenters. The zero-order chi connectivity index (χ0) is 18.5. The van der Waals surface area contributed by atoms with Gasteiger partial charge in [0.2, 0.25) is 0 Å². The largest absolute Gasteiger partial charge is 0.506 e. The molecule has 138 valence electrons. The highest BCUT2D eigenvalue weighted by molar-refractivity contribution is 5.76. The topological polar surface area (TPSA) is 48.2 Å². The molecule has 1 saturated heterocycles. The Labute approximate surface area is 155 Å². The fourth-order valence-corrected chi connectivity index (χ4v) is 3.38. The maximum absolute atomic E-state index is 12.5. The number of nitrogens with one attached hydrogen (secondary N) is 1. The maximum atomic E-state index is 12.5. The Morgan fingerprint density at radius 3 is 2.42 bits per heavy atom. The van der Waals surface area contributed by atoms with Crippen LogP contribution in [0.1, 0.15) is 11.1 Å². The highest BCUT2D eigenvalue weighted by Gasteiger charge is 2.24. The van der Waals surface area contributed by atoms with E-state index in [1.54, 1.807) is 6.07 Å². The van der Waals surface area contributed by atoms with Gasteiger partial charge in [-0.15, -0.1) is 0 Å². The second-order valence-corrected chi connectivity index (χ2v) is 7.14. The van der Waals surface area contributed by atoms with Gasteiger partial charge in [0.1, 0.15) is 5.75 Å². The van der Waals surface area contributed by atoms with Crippen LogP contribution >= 0.6 is 0 Å². The Bertz CT molecular complexity index is 737. The third-order valence-electron chi connectivity index (χ3n) is 5.06. The van der Waals surface area contributed by atoms with E-state index in [2.05, 4.69) is 36.1 Å². The molecule has 1 heterocycles. The van der Waals surface area contributed by atoms with Crippen LogP contribution in [0.15, 0.2) is 48.5 Å². The number of carbonyl (C=O) groups excluding carboxylic acids is 1. The van der Waals surface area contributed by atoms with Crippen molar-refractivity contribution in [1.82, 2.24) is 4.90 Å². The number of benzene rings is 2. The van der Waals surface area contributed by atoms with Crippen molar-refractivity contribution >= 4 is 11.6 Å². The van der Waals surface area contributed by atoms with Crippen LogP contribution in [0.2, 0.25) is 0 Å². The summed E-state index contributed by atoms with van der Waals surface area (Å²) in [7, 11) is 1.87. The Hall–Kier alpha value is -2.53. The number of phenolic OH excluding ortho intramolecular Hbond substituents is 1. The number of phenols is 1. The number of carbonyl (C=O) groups is 1. The van der Waals surface area contributed by atoms with Crippen molar-refractivity contribution < 1.29 is 14.8 Å². The molecule has 26 heavy (non-hydrogen) atoms. The number of likely N-dealkylation sites (N-methyl/N-ethyl adjacent to an activating group) is 1.